The number of rotatable bonds is 7. The average Bonchev–Trinajstić information content (AvgIpc) is 3.14. The Hall–Kier alpha value is -4.47. The molecule has 0 aromatic heterocycles. The third-order valence-corrected chi connectivity index (χ3v) is 5.64. The first-order valence-corrected chi connectivity index (χ1v) is 11.2. The summed E-state index contributed by atoms with van der Waals surface area (Å²) in [4.78, 5) is 27.6. The lowest BCUT2D eigenvalue weighted by molar-refractivity contribution is -0.274. The van der Waals surface area contributed by atoms with Gasteiger partial charge in [-0.05, 0) is 61.0 Å². The van der Waals surface area contributed by atoms with Crippen LogP contribution in [0.4, 0.5) is 18.9 Å². The summed E-state index contributed by atoms with van der Waals surface area (Å²) in [7, 11) is 1.48. The normalized spacial score (nSPS) is 17.1. The number of halogens is 3. The van der Waals surface area contributed by atoms with Gasteiger partial charge in [0.1, 0.15) is 23.0 Å². The molecule has 0 saturated carbocycles. The number of nitrogens with zero attached hydrogens (tertiary/aromatic N) is 1. The maximum Gasteiger partial charge on any atom is 0.573 e. The van der Waals surface area contributed by atoms with E-state index < -0.39 is 35.6 Å². The molecule has 10 heteroatoms. The van der Waals surface area contributed by atoms with Crippen molar-refractivity contribution in [3.63, 3.8) is 0 Å². The van der Waals surface area contributed by atoms with Crippen molar-refractivity contribution in [2.75, 3.05) is 18.6 Å². The van der Waals surface area contributed by atoms with Gasteiger partial charge in [-0.1, -0.05) is 24.3 Å². The minimum atomic E-state index is -4.88. The molecular weight excluding hydrogens is 491 g/mol. The third kappa shape index (κ3) is 5.37. The van der Waals surface area contributed by atoms with Gasteiger partial charge in [-0.3, -0.25) is 14.5 Å². The van der Waals surface area contributed by atoms with E-state index in [0.717, 1.165) is 17.0 Å². The first-order chi connectivity index (χ1) is 17.6. The van der Waals surface area contributed by atoms with Gasteiger partial charge in [0, 0.05) is 11.3 Å². The van der Waals surface area contributed by atoms with Crippen molar-refractivity contribution in [3.8, 4) is 17.2 Å². The van der Waals surface area contributed by atoms with Gasteiger partial charge in [0.15, 0.2) is 0 Å². The second kappa shape index (κ2) is 10.3. The van der Waals surface area contributed by atoms with Gasteiger partial charge >= 0.3 is 6.36 Å². The molecule has 0 bridgehead atoms. The van der Waals surface area contributed by atoms with Crippen LogP contribution in [0.1, 0.15) is 24.1 Å². The molecule has 1 atom stereocenters. The van der Waals surface area contributed by atoms with Crippen LogP contribution < -0.4 is 19.1 Å². The molecule has 1 saturated heterocycles. The summed E-state index contributed by atoms with van der Waals surface area (Å²) in [5, 5.41) is 11.2. The number of alkyl halides is 3. The number of hydrogen-bond donors (Lipinski definition) is 1. The molecule has 0 radical (unpaired) electrons. The van der Waals surface area contributed by atoms with Gasteiger partial charge in [-0.15, -0.1) is 13.2 Å². The van der Waals surface area contributed by atoms with Crippen LogP contribution in [-0.2, 0) is 9.59 Å². The highest BCUT2D eigenvalue weighted by atomic mass is 19.4. The van der Waals surface area contributed by atoms with Crippen LogP contribution in [0, 0.1) is 0 Å². The van der Waals surface area contributed by atoms with Crippen LogP contribution in [0.25, 0.3) is 5.76 Å². The second-order valence-corrected chi connectivity index (χ2v) is 7.94. The zero-order valence-electron chi connectivity index (χ0n) is 19.8. The van der Waals surface area contributed by atoms with E-state index in [4.69, 9.17) is 9.47 Å². The van der Waals surface area contributed by atoms with Crippen LogP contribution in [0.5, 0.6) is 17.2 Å². The number of carbonyl (C=O) groups is 2. The zero-order valence-corrected chi connectivity index (χ0v) is 19.8. The van der Waals surface area contributed by atoms with Crippen LogP contribution in [0.3, 0.4) is 0 Å². The van der Waals surface area contributed by atoms with Crippen molar-refractivity contribution in [1.82, 2.24) is 0 Å². The molecule has 0 spiro atoms. The fraction of sp³-hybridized carbons (Fsp3) is 0.185. The number of aliphatic hydroxyl groups excluding tert-OH is 1. The van der Waals surface area contributed by atoms with Crippen molar-refractivity contribution in [2.24, 2.45) is 0 Å². The fourth-order valence-corrected chi connectivity index (χ4v) is 4.06. The maximum atomic E-state index is 13.2. The van der Waals surface area contributed by atoms with Crippen molar-refractivity contribution in [2.45, 2.75) is 19.3 Å². The summed E-state index contributed by atoms with van der Waals surface area (Å²) >= 11 is 0. The minimum absolute atomic E-state index is 0.138. The minimum Gasteiger partial charge on any atom is -0.507 e. The molecule has 192 valence electrons. The highest BCUT2D eigenvalue weighted by Gasteiger charge is 2.47. The van der Waals surface area contributed by atoms with Gasteiger partial charge in [0.2, 0.25) is 0 Å². The van der Waals surface area contributed by atoms with Crippen LogP contribution in [0.15, 0.2) is 78.4 Å². The van der Waals surface area contributed by atoms with Crippen molar-refractivity contribution < 1.29 is 42.1 Å². The molecule has 1 fully saturated rings. The molecule has 4 rings (SSSR count). The standard InChI is InChI=1S/C27H22F3NO6/c1-3-36-21-6-4-5-17(15-21)24(32)22-23(16-7-11-19(35-2)12-8-16)31(26(34)25(22)33)18-9-13-20(14-10-18)37-27(28,29)30/h4-15,23,32H,3H2,1-2H3/b24-22-. The molecule has 3 aromatic carbocycles. The quantitative estimate of drug-likeness (QED) is 0.251. The van der Waals surface area contributed by atoms with E-state index in [1.54, 1.807) is 55.5 Å². The van der Waals surface area contributed by atoms with Crippen LogP contribution >= 0.6 is 0 Å². The number of methoxy groups -OCH3 is 1. The third-order valence-electron chi connectivity index (χ3n) is 5.64. The number of anilines is 1. The molecule has 0 aliphatic carbocycles. The summed E-state index contributed by atoms with van der Waals surface area (Å²) in [6.45, 7) is 2.18. The SMILES string of the molecule is CCOc1cccc(/C(O)=C2/C(=O)C(=O)N(c3ccc(OC(F)(F)F)cc3)C2c2ccc(OC)cc2)c1. The van der Waals surface area contributed by atoms with Crippen molar-refractivity contribution >= 4 is 23.1 Å². The Bertz CT molecular complexity index is 1330. The van der Waals surface area contributed by atoms with E-state index in [1.165, 1.54) is 19.2 Å². The Labute approximate surface area is 210 Å². The molecule has 1 unspecified atom stereocenters. The molecule has 7 nitrogen and oxygen atoms in total. The molecule has 1 aliphatic heterocycles. The predicted octanol–water partition coefficient (Wildman–Crippen LogP) is 5.62. The smallest absolute Gasteiger partial charge is 0.507 e. The predicted molar refractivity (Wildman–Crippen MR) is 129 cm³/mol. The van der Waals surface area contributed by atoms with Crippen LogP contribution in [0.2, 0.25) is 0 Å². The summed E-state index contributed by atoms with van der Waals surface area (Å²) < 4.78 is 52.4. The summed E-state index contributed by atoms with van der Waals surface area (Å²) in [6, 6.07) is 16.4. The van der Waals surface area contributed by atoms with Gasteiger partial charge in [-0.2, -0.15) is 0 Å². The first kappa shape index (κ1) is 25.6. The van der Waals surface area contributed by atoms with E-state index in [-0.39, 0.29) is 16.8 Å². The monoisotopic (exact) mass is 513 g/mol. The Morgan fingerprint density at radius 3 is 2.19 bits per heavy atom. The molecule has 3 aromatic rings. The van der Waals surface area contributed by atoms with Crippen LogP contribution in [-0.4, -0.2) is 36.9 Å². The first-order valence-electron chi connectivity index (χ1n) is 11.2. The Kier molecular flexibility index (Phi) is 7.10. The van der Waals surface area contributed by atoms with Gasteiger partial charge in [-0.25, -0.2) is 0 Å². The largest absolute Gasteiger partial charge is 0.573 e. The fourth-order valence-electron chi connectivity index (χ4n) is 4.06. The highest BCUT2D eigenvalue weighted by Crippen LogP contribution is 2.43. The van der Waals surface area contributed by atoms with E-state index in [1.807, 2.05) is 0 Å². The Morgan fingerprint density at radius 2 is 1.59 bits per heavy atom. The maximum absolute atomic E-state index is 13.2. The lowest BCUT2D eigenvalue weighted by Crippen LogP contribution is -2.29. The number of Topliss-reactive ketones (excluding diaryl/α,β-unsaturated/α-hetero) is 1. The number of ether oxygens (including phenoxy) is 3. The molecule has 1 heterocycles. The lowest BCUT2D eigenvalue weighted by Gasteiger charge is -2.26. The number of benzene rings is 3. The Balaban J connectivity index is 1.84. The Morgan fingerprint density at radius 1 is 0.946 bits per heavy atom. The molecule has 37 heavy (non-hydrogen) atoms. The number of aliphatic hydroxyl groups is 1. The summed E-state index contributed by atoms with van der Waals surface area (Å²) in [5.74, 6) is -1.81. The number of carbonyl (C=O) groups excluding carboxylic acids is 2. The highest BCUT2D eigenvalue weighted by molar-refractivity contribution is 6.51. The van der Waals surface area contributed by atoms with E-state index in [0.29, 0.717) is 23.7 Å². The molecular formula is C27H22F3NO6. The van der Waals surface area contributed by atoms with Gasteiger partial charge < -0.3 is 19.3 Å². The average molecular weight is 513 g/mol. The number of ketones is 1. The van der Waals surface area contributed by atoms with Gasteiger partial charge in [0.05, 0.1) is 25.3 Å². The molecule has 1 aliphatic rings. The molecule has 1 amide bonds. The lowest BCUT2D eigenvalue weighted by atomic mass is 9.95. The number of hydrogen-bond acceptors (Lipinski definition) is 6. The van der Waals surface area contributed by atoms with Crippen molar-refractivity contribution in [3.05, 3.63) is 89.5 Å². The van der Waals surface area contributed by atoms with Gasteiger partial charge in [0.25, 0.3) is 11.7 Å². The molecule has 1 N–H and O–H groups in total. The van der Waals surface area contributed by atoms with Crippen molar-refractivity contribution in [1.29, 1.82) is 0 Å². The van der Waals surface area contributed by atoms with E-state index >= 15 is 0 Å². The summed E-state index contributed by atoms with van der Waals surface area (Å²) in [6.07, 6.45) is -4.88. The zero-order chi connectivity index (χ0) is 26.7. The second-order valence-electron chi connectivity index (χ2n) is 7.94. The van der Waals surface area contributed by atoms with E-state index in [2.05, 4.69) is 4.74 Å². The topological polar surface area (TPSA) is 85.3 Å². The number of amides is 1. The van der Waals surface area contributed by atoms with E-state index in [9.17, 15) is 27.9 Å². The summed E-state index contributed by atoms with van der Waals surface area (Å²) in [5.41, 5.74) is 0.688.